The van der Waals surface area contributed by atoms with E-state index in [1.54, 1.807) is 11.3 Å². The van der Waals surface area contributed by atoms with Crippen LogP contribution < -0.4 is 4.90 Å². The van der Waals surface area contributed by atoms with Crippen LogP contribution >= 0.6 is 11.3 Å². The fourth-order valence-electron chi connectivity index (χ4n) is 4.71. The molecule has 0 atom stereocenters. The van der Waals surface area contributed by atoms with Gasteiger partial charge in [-0.3, -0.25) is 4.40 Å². The number of imidazole rings is 1. The van der Waals surface area contributed by atoms with Gasteiger partial charge in [0.15, 0.2) is 5.65 Å². The Morgan fingerprint density at radius 2 is 1.82 bits per heavy atom. The van der Waals surface area contributed by atoms with Crippen LogP contribution in [0.3, 0.4) is 0 Å². The van der Waals surface area contributed by atoms with E-state index in [0.29, 0.717) is 5.56 Å². The van der Waals surface area contributed by atoms with Crippen LogP contribution in [0, 0.1) is 18.3 Å². The zero-order valence-corrected chi connectivity index (χ0v) is 20.5. The molecular formula is C29H28N4S. The minimum absolute atomic E-state index is 0.664. The van der Waals surface area contributed by atoms with Crippen molar-refractivity contribution in [2.24, 2.45) is 0 Å². The van der Waals surface area contributed by atoms with Crippen LogP contribution in [0.1, 0.15) is 46.9 Å². The summed E-state index contributed by atoms with van der Waals surface area (Å²) in [5.74, 6) is 1.16. The Labute approximate surface area is 204 Å². The van der Waals surface area contributed by atoms with Crippen molar-refractivity contribution in [3.8, 4) is 6.07 Å². The van der Waals surface area contributed by atoms with E-state index < -0.39 is 0 Å². The number of pyridine rings is 1. The highest BCUT2D eigenvalue weighted by molar-refractivity contribution is 7.09. The van der Waals surface area contributed by atoms with Crippen LogP contribution in [-0.2, 0) is 13.0 Å². The zero-order chi connectivity index (χ0) is 23.5. The molecule has 3 heterocycles. The number of aromatic nitrogens is 2. The third-order valence-electron chi connectivity index (χ3n) is 6.44. The van der Waals surface area contributed by atoms with Gasteiger partial charge in [0, 0.05) is 23.4 Å². The number of para-hydroxylation sites is 2. The largest absolute Gasteiger partial charge is 0.352 e. The quantitative estimate of drug-likeness (QED) is 0.245. The average Bonchev–Trinajstić information content (AvgIpc) is 3.51. The van der Waals surface area contributed by atoms with Crippen molar-refractivity contribution in [1.29, 1.82) is 5.26 Å². The molecule has 0 radical (unpaired) electrons. The molecule has 0 N–H and O–H groups in total. The lowest BCUT2D eigenvalue weighted by atomic mass is 9.97. The van der Waals surface area contributed by atoms with Gasteiger partial charge in [-0.2, -0.15) is 5.26 Å². The molecule has 34 heavy (non-hydrogen) atoms. The summed E-state index contributed by atoms with van der Waals surface area (Å²) in [6.45, 7) is 6.11. The summed E-state index contributed by atoms with van der Waals surface area (Å²) in [6, 6.07) is 25.6. The number of anilines is 1. The maximum Gasteiger partial charge on any atom is 0.157 e. The number of benzene rings is 2. The zero-order valence-electron chi connectivity index (χ0n) is 19.7. The Hall–Kier alpha value is -3.62. The molecule has 5 rings (SSSR count). The van der Waals surface area contributed by atoms with Crippen LogP contribution in [0.15, 0.2) is 72.1 Å². The smallest absolute Gasteiger partial charge is 0.157 e. The molecule has 0 saturated carbocycles. The molecule has 0 aliphatic rings. The molecule has 0 amide bonds. The maximum absolute atomic E-state index is 10.2. The topological polar surface area (TPSA) is 44.3 Å². The van der Waals surface area contributed by atoms with Gasteiger partial charge >= 0.3 is 0 Å². The summed E-state index contributed by atoms with van der Waals surface area (Å²) in [5, 5.41) is 12.3. The summed E-state index contributed by atoms with van der Waals surface area (Å²) >= 11 is 1.79. The summed E-state index contributed by atoms with van der Waals surface area (Å²) in [6.07, 6.45) is 2.99. The number of fused-ring (bicyclic) bond motifs is 3. The van der Waals surface area contributed by atoms with E-state index in [-0.39, 0.29) is 0 Å². The van der Waals surface area contributed by atoms with Gasteiger partial charge in [0.05, 0.1) is 23.1 Å². The highest BCUT2D eigenvalue weighted by Gasteiger charge is 2.24. The predicted molar refractivity (Wildman–Crippen MR) is 142 cm³/mol. The molecule has 0 aliphatic carbocycles. The molecule has 4 nitrogen and oxygen atoms in total. The maximum atomic E-state index is 10.2. The van der Waals surface area contributed by atoms with Gasteiger partial charge in [0.25, 0.3) is 0 Å². The van der Waals surface area contributed by atoms with Crippen LogP contribution in [0.2, 0.25) is 0 Å². The number of nitriles is 1. The second-order valence-corrected chi connectivity index (χ2v) is 9.72. The molecule has 0 bridgehead atoms. The molecule has 5 heteroatoms. The fraction of sp³-hybridized carbons (Fsp3) is 0.241. The molecular weight excluding hydrogens is 436 g/mol. The van der Waals surface area contributed by atoms with Crippen LogP contribution in [0.4, 0.5) is 5.82 Å². The van der Waals surface area contributed by atoms with Gasteiger partial charge in [-0.1, -0.05) is 61.9 Å². The highest BCUT2D eigenvalue weighted by atomic mass is 32.1. The Balaban J connectivity index is 1.83. The molecule has 2 aromatic carbocycles. The third kappa shape index (κ3) is 4.06. The summed E-state index contributed by atoms with van der Waals surface area (Å²) in [7, 11) is 0. The Morgan fingerprint density at radius 1 is 1.03 bits per heavy atom. The van der Waals surface area contributed by atoms with Gasteiger partial charge in [-0.25, -0.2) is 4.98 Å². The van der Waals surface area contributed by atoms with E-state index in [2.05, 4.69) is 89.2 Å². The third-order valence-corrected chi connectivity index (χ3v) is 7.30. The summed E-state index contributed by atoms with van der Waals surface area (Å²) < 4.78 is 2.24. The van der Waals surface area contributed by atoms with Crippen molar-refractivity contribution in [2.75, 3.05) is 11.4 Å². The van der Waals surface area contributed by atoms with Crippen LogP contribution in [0.25, 0.3) is 16.7 Å². The van der Waals surface area contributed by atoms with E-state index in [4.69, 9.17) is 4.98 Å². The minimum atomic E-state index is 0.664. The minimum Gasteiger partial charge on any atom is -0.352 e. The van der Waals surface area contributed by atoms with Crippen LogP contribution in [0.5, 0.6) is 0 Å². The molecule has 0 aliphatic heterocycles. The highest BCUT2D eigenvalue weighted by Crippen LogP contribution is 2.35. The first-order valence-electron chi connectivity index (χ1n) is 11.8. The lowest BCUT2D eigenvalue weighted by molar-refractivity contribution is 0.704. The van der Waals surface area contributed by atoms with E-state index in [1.807, 2.05) is 12.1 Å². The number of rotatable bonds is 8. The van der Waals surface area contributed by atoms with E-state index in [1.165, 1.54) is 16.0 Å². The van der Waals surface area contributed by atoms with Crippen molar-refractivity contribution < 1.29 is 0 Å². The first kappa shape index (κ1) is 22.2. The van der Waals surface area contributed by atoms with Gasteiger partial charge in [-0.15, -0.1) is 11.3 Å². The number of hydrogen-bond acceptors (Lipinski definition) is 4. The van der Waals surface area contributed by atoms with Crippen molar-refractivity contribution in [2.45, 2.75) is 39.7 Å². The lowest BCUT2D eigenvalue weighted by Crippen LogP contribution is -2.28. The molecule has 3 aromatic heterocycles. The monoisotopic (exact) mass is 464 g/mol. The normalized spacial score (nSPS) is 11.2. The number of hydrogen-bond donors (Lipinski definition) is 0. The van der Waals surface area contributed by atoms with Gasteiger partial charge < -0.3 is 4.90 Å². The first-order valence-corrected chi connectivity index (χ1v) is 12.7. The van der Waals surface area contributed by atoms with Crippen molar-refractivity contribution in [1.82, 2.24) is 9.38 Å². The van der Waals surface area contributed by atoms with Gasteiger partial charge in [0.1, 0.15) is 11.9 Å². The fourth-order valence-corrected chi connectivity index (χ4v) is 5.43. The molecule has 0 saturated heterocycles. The number of unbranched alkanes of at least 4 members (excludes halogenated alkanes) is 1. The van der Waals surface area contributed by atoms with Crippen molar-refractivity contribution in [3.05, 3.63) is 99.2 Å². The Kier molecular flexibility index (Phi) is 6.33. The average molecular weight is 465 g/mol. The Morgan fingerprint density at radius 3 is 2.56 bits per heavy atom. The second kappa shape index (κ2) is 9.70. The Bertz CT molecular complexity index is 1460. The molecule has 0 unspecified atom stereocenters. The molecule has 5 aromatic rings. The SMILES string of the molecule is CCCCN(Cc1cccs1)c1c(Cc2ccccc2)c(C)c(C#N)c2nc3ccccc3n12. The molecule has 170 valence electrons. The van der Waals surface area contributed by atoms with E-state index >= 15 is 0 Å². The molecule has 0 spiro atoms. The van der Waals surface area contributed by atoms with Gasteiger partial charge in [-0.05, 0) is 48.1 Å². The van der Waals surface area contributed by atoms with Gasteiger partial charge in [0.2, 0.25) is 0 Å². The van der Waals surface area contributed by atoms with Crippen molar-refractivity contribution >= 4 is 33.8 Å². The summed E-state index contributed by atoms with van der Waals surface area (Å²) in [5.41, 5.74) is 6.85. The standard InChI is InChI=1S/C29H28N4S/c1-3-4-16-32(20-23-13-10-17-34-23)29-24(18-22-11-6-5-7-12-22)21(2)25(19-30)28-31-26-14-8-9-15-27(26)33(28)29/h5-15,17H,3-4,16,18,20H2,1-2H3. The summed E-state index contributed by atoms with van der Waals surface area (Å²) in [4.78, 5) is 8.77. The number of nitrogens with zero attached hydrogens (tertiary/aromatic N) is 4. The molecule has 0 fully saturated rings. The second-order valence-electron chi connectivity index (χ2n) is 8.69. The number of thiophene rings is 1. The van der Waals surface area contributed by atoms with E-state index in [0.717, 1.165) is 60.4 Å². The van der Waals surface area contributed by atoms with Crippen molar-refractivity contribution in [3.63, 3.8) is 0 Å². The first-order chi connectivity index (χ1) is 16.7. The predicted octanol–water partition coefficient (Wildman–Crippen LogP) is 7.13. The van der Waals surface area contributed by atoms with Crippen LogP contribution in [-0.4, -0.2) is 15.9 Å². The lowest BCUT2D eigenvalue weighted by Gasteiger charge is -2.29. The van der Waals surface area contributed by atoms with E-state index in [9.17, 15) is 5.26 Å².